The highest BCUT2D eigenvalue weighted by atomic mass is 16.5. The molecular weight excluding hydrogens is 466 g/mol. The second-order valence-corrected chi connectivity index (χ2v) is 8.84. The van der Waals surface area contributed by atoms with Gasteiger partial charge in [0.2, 0.25) is 0 Å². The van der Waals surface area contributed by atoms with E-state index in [0.717, 1.165) is 10.7 Å². The highest BCUT2D eigenvalue weighted by Gasteiger charge is 2.44. The van der Waals surface area contributed by atoms with Crippen molar-refractivity contribution in [3.05, 3.63) is 70.1 Å². The molecule has 1 N–H and O–H groups in total. The molecule has 0 aliphatic carbocycles. The van der Waals surface area contributed by atoms with Crippen molar-refractivity contribution in [3.63, 3.8) is 0 Å². The third-order valence-corrected chi connectivity index (χ3v) is 6.69. The van der Waals surface area contributed by atoms with E-state index < -0.39 is 22.8 Å². The van der Waals surface area contributed by atoms with Gasteiger partial charge >= 0.3 is 0 Å². The first-order chi connectivity index (χ1) is 17.3. The van der Waals surface area contributed by atoms with Crippen LogP contribution in [0.15, 0.2) is 53.3 Å². The predicted molar refractivity (Wildman–Crippen MR) is 128 cm³/mol. The van der Waals surface area contributed by atoms with E-state index in [2.05, 4.69) is 5.10 Å². The standard InChI is InChI=1S/C26H25N3O7/c1-34-16-7-8-21-17(13-16)20(31)15-26(36-21)9-11-28(12-10-26)25(33)24-19(30)14-23(32)29(27-24)18-5-3-4-6-22(18)35-2/h3-8,13-14,30H,9-12,15H2,1-2H3. The Hall–Kier alpha value is -4.34. The molecule has 1 spiro atoms. The zero-order chi connectivity index (χ0) is 25.4. The van der Waals surface area contributed by atoms with Crippen LogP contribution in [0.5, 0.6) is 23.0 Å². The van der Waals surface area contributed by atoms with Gasteiger partial charge in [0.1, 0.15) is 28.5 Å². The van der Waals surface area contributed by atoms with Crippen LogP contribution in [0.1, 0.15) is 40.1 Å². The van der Waals surface area contributed by atoms with Crippen molar-refractivity contribution in [2.45, 2.75) is 24.9 Å². The number of likely N-dealkylation sites (tertiary alicyclic amines) is 1. The summed E-state index contributed by atoms with van der Waals surface area (Å²) in [6, 6.07) is 12.9. The fraction of sp³-hybridized carbons (Fsp3) is 0.308. The molecule has 0 atom stereocenters. The lowest BCUT2D eigenvalue weighted by molar-refractivity contribution is -0.00600. The van der Waals surface area contributed by atoms with Crippen LogP contribution in [0.3, 0.4) is 0 Å². The molecule has 186 valence electrons. The van der Waals surface area contributed by atoms with Crippen molar-refractivity contribution in [2.24, 2.45) is 0 Å². The van der Waals surface area contributed by atoms with E-state index in [1.807, 2.05) is 0 Å². The number of ether oxygens (including phenoxy) is 3. The van der Waals surface area contributed by atoms with Gasteiger partial charge in [0.15, 0.2) is 17.2 Å². The van der Waals surface area contributed by atoms with Gasteiger partial charge in [-0.15, -0.1) is 0 Å². The minimum Gasteiger partial charge on any atom is -0.505 e. The summed E-state index contributed by atoms with van der Waals surface area (Å²) in [5, 5.41) is 14.6. The second kappa shape index (κ2) is 9.03. The Kier molecular flexibility index (Phi) is 5.87. The summed E-state index contributed by atoms with van der Waals surface area (Å²) in [6.45, 7) is 0.596. The molecule has 1 amide bonds. The lowest BCUT2D eigenvalue weighted by Gasteiger charge is -2.43. The number of aromatic hydroxyl groups is 1. The van der Waals surface area contributed by atoms with Gasteiger partial charge in [-0.1, -0.05) is 12.1 Å². The van der Waals surface area contributed by atoms with Crippen LogP contribution in [-0.4, -0.2) is 64.4 Å². The molecule has 3 aromatic rings. The monoisotopic (exact) mass is 491 g/mol. The molecule has 0 saturated carbocycles. The van der Waals surface area contributed by atoms with Crippen LogP contribution in [0.2, 0.25) is 0 Å². The lowest BCUT2D eigenvalue weighted by Crippen LogP contribution is -2.52. The van der Waals surface area contributed by atoms with E-state index in [1.54, 1.807) is 54.5 Å². The number of aromatic nitrogens is 2. The second-order valence-electron chi connectivity index (χ2n) is 8.84. The van der Waals surface area contributed by atoms with Crippen LogP contribution in [0, 0.1) is 0 Å². The van der Waals surface area contributed by atoms with Gasteiger partial charge in [0.25, 0.3) is 11.5 Å². The Balaban J connectivity index is 1.37. The topological polar surface area (TPSA) is 120 Å². The largest absolute Gasteiger partial charge is 0.505 e. The number of carbonyl (C=O) groups excluding carboxylic acids is 2. The molecule has 0 bridgehead atoms. The molecule has 0 unspecified atom stereocenters. The van der Waals surface area contributed by atoms with Gasteiger partial charge in [0.05, 0.1) is 26.2 Å². The lowest BCUT2D eigenvalue weighted by atomic mass is 9.82. The van der Waals surface area contributed by atoms with Crippen LogP contribution in [-0.2, 0) is 0 Å². The summed E-state index contributed by atoms with van der Waals surface area (Å²) in [5.41, 5.74) is -0.710. The molecule has 1 aromatic heterocycles. The summed E-state index contributed by atoms with van der Waals surface area (Å²) in [4.78, 5) is 40.3. The fourth-order valence-corrected chi connectivity index (χ4v) is 4.72. The molecule has 0 radical (unpaired) electrons. The number of carbonyl (C=O) groups is 2. The fourth-order valence-electron chi connectivity index (χ4n) is 4.72. The Labute approximate surface area is 206 Å². The third-order valence-electron chi connectivity index (χ3n) is 6.69. The highest BCUT2D eigenvalue weighted by Crippen LogP contribution is 2.40. The first kappa shape index (κ1) is 23.4. The van der Waals surface area contributed by atoms with Crippen molar-refractivity contribution >= 4 is 11.7 Å². The van der Waals surface area contributed by atoms with Crippen LogP contribution in [0.25, 0.3) is 5.69 Å². The Morgan fingerprint density at radius 3 is 2.53 bits per heavy atom. The van der Waals surface area contributed by atoms with Gasteiger partial charge in [-0.25, -0.2) is 0 Å². The molecule has 10 heteroatoms. The average molecular weight is 492 g/mol. The number of hydrogen-bond donors (Lipinski definition) is 1. The summed E-state index contributed by atoms with van der Waals surface area (Å²) in [6.07, 6.45) is 1.07. The molecule has 2 aliphatic rings. The van der Waals surface area contributed by atoms with Gasteiger partial charge in [-0.05, 0) is 30.3 Å². The number of Topliss-reactive ketones (excluding diaryl/α,β-unsaturated/α-hetero) is 1. The number of ketones is 1. The average Bonchev–Trinajstić information content (AvgIpc) is 2.89. The van der Waals surface area contributed by atoms with Crippen LogP contribution < -0.4 is 19.8 Å². The normalized spacial score (nSPS) is 16.3. The highest BCUT2D eigenvalue weighted by molar-refractivity contribution is 6.01. The molecule has 36 heavy (non-hydrogen) atoms. The van der Waals surface area contributed by atoms with Gasteiger partial charge in [-0.3, -0.25) is 14.4 Å². The predicted octanol–water partition coefficient (Wildman–Crippen LogP) is 2.60. The van der Waals surface area contributed by atoms with Gasteiger partial charge < -0.3 is 24.2 Å². The van der Waals surface area contributed by atoms with Crippen molar-refractivity contribution in [1.82, 2.24) is 14.7 Å². The molecule has 2 aliphatic heterocycles. The third kappa shape index (κ3) is 4.04. The van der Waals surface area contributed by atoms with Crippen LogP contribution >= 0.6 is 0 Å². The van der Waals surface area contributed by atoms with Crippen LogP contribution in [0.4, 0.5) is 0 Å². The first-order valence-electron chi connectivity index (χ1n) is 11.5. The Morgan fingerprint density at radius 1 is 1.06 bits per heavy atom. The maximum Gasteiger partial charge on any atom is 0.278 e. The first-order valence-corrected chi connectivity index (χ1v) is 11.5. The van der Waals surface area contributed by atoms with E-state index in [4.69, 9.17) is 14.2 Å². The Morgan fingerprint density at radius 2 is 1.81 bits per heavy atom. The van der Waals surface area contributed by atoms with E-state index in [0.29, 0.717) is 54.4 Å². The summed E-state index contributed by atoms with van der Waals surface area (Å²) < 4.78 is 17.8. The SMILES string of the molecule is COc1ccc2c(c1)C(=O)CC1(CCN(C(=O)c3nn(-c4ccccc4OC)c(=O)cc3O)CC1)O2. The molecule has 2 aromatic carbocycles. The molecule has 1 fully saturated rings. The van der Waals surface area contributed by atoms with E-state index >= 15 is 0 Å². The molecule has 5 rings (SSSR count). The number of methoxy groups -OCH3 is 2. The maximum atomic E-state index is 13.3. The van der Waals surface area contributed by atoms with E-state index in [1.165, 1.54) is 7.11 Å². The molecule has 1 saturated heterocycles. The van der Waals surface area contributed by atoms with E-state index in [9.17, 15) is 19.5 Å². The van der Waals surface area contributed by atoms with Crippen molar-refractivity contribution in [3.8, 4) is 28.7 Å². The van der Waals surface area contributed by atoms with Crippen molar-refractivity contribution < 1.29 is 28.9 Å². The minimum atomic E-state index is -0.707. The zero-order valence-electron chi connectivity index (χ0n) is 19.9. The molecule has 3 heterocycles. The smallest absolute Gasteiger partial charge is 0.278 e. The summed E-state index contributed by atoms with van der Waals surface area (Å²) in [5.74, 6) is 0.451. The van der Waals surface area contributed by atoms with Crippen molar-refractivity contribution in [2.75, 3.05) is 27.3 Å². The molecule has 10 nitrogen and oxygen atoms in total. The van der Waals surface area contributed by atoms with Crippen molar-refractivity contribution in [1.29, 1.82) is 0 Å². The molecular formula is C26H25N3O7. The number of hydrogen-bond acceptors (Lipinski definition) is 8. The number of fused-ring (bicyclic) bond motifs is 1. The Bertz CT molecular complexity index is 1410. The minimum absolute atomic E-state index is 0.0295. The number of para-hydroxylation sites is 2. The van der Waals surface area contributed by atoms with Gasteiger partial charge in [0, 0.05) is 32.0 Å². The number of amides is 1. The summed E-state index contributed by atoms with van der Waals surface area (Å²) >= 11 is 0. The number of rotatable bonds is 4. The van der Waals surface area contributed by atoms with Gasteiger partial charge in [-0.2, -0.15) is 9.78 Å². The summed E-state index contributed by atoms with van der Waals surface area (Å²) in [7, 11) is 3.01. The number of benzene rings is 2. The zero-order valence-corrected chi connectivity index (χ0v) is 19.9. The maximum absolute atomic E-state index is 13.3. The number of piperidine rings is 1. The van der Waals surface area contributed by atoms with E-state index in [-0.39, 0.29) is 17.9 Å². The number of nitrogens with zero attached hydrogens (tertiary/aromatic N) is 3. The quantitative estimate of drug-likeness (QED) is 0.591.